The van der Waals surface area contributed by atoms with Gasteiger partial charge in [-0.1, -0.05) is 48.4 Å². The molecule has 1 aliphatic carbocycles. The summed E-state index contributed by atoms with van der Waals surface area (Å²) in [5.74, 6) is -0.616. The molecule has 0 aromatic heterocycles. The maximum Gasteiger partial charge on any atom is 0.228 e. The molecule has 4 nitrogen and oxygen atoms in total. The third-order valence-corrected chi connectivity index (χ3v) is 5.94. The van der Waals surface area contributed by atoms with Crippen LogP contribution in [-0.4, -0.2) is 18.4 Å². The van der Waals surface area contributed by atoms with Gasteiger partial charge >= 0.3 is 0 Å². The van der Waals surface area contributed by atoms with Crippen LogP contribution in [0, 0.1) is 0 Å². The minimum Gasteiger partial charge on any atom is -0.355 e. The second kappa shape index (κ2) is 6.76. The van der Waals surface area contributed by atoms with Crippen LogP contribution in [0.25, 0.3) is 0 Å². The second-order valence-corrected chi connectivity index (χ2v) is 7.69. The van der Waals surface area contributed by atoms with Gasteiger partial charge < -0.3 is 10.6 Å². The minimum absolute atomic E-state index is 0.0172. The Balaban J connectivity index is 1.50. The summed E-state index contributed by atoms with van der Waals surface area (Å²) in [5, 5.41) is 6.68. The van der Waals surface area contributed by atoms with Crippen LogP contribution in [0.15, 0.2) is 48.5 Å². The molecule has 1 saturated carbocycles. The summed E-state index contributed by atoms with van der Waals surface area (Å²) in [6.45, 7) is 0.591. The van der Waals surface area contributed by atoms with Crippen molar-refractivity contribution >= 4 is 29.1 Å². The van der Waals surface area contributed by atoms with Crippen LogP contribution in [0.1, 0.15) is 42.7 Å². The van der Waals surface area contributed by atoms with Crippen molar-refractivity contribution in [1.29, 1.82) is 0 Å². The highest BCUT2D eigenvalue weighted by molar-refractivity contribution is 6.30. The SMILES string of the molecule is O=C1CC(C(=O)NCC2(c3ccc(Cl)cc3)CCC2)c2ccccc2N1. The summed E-state index contributed by atoms with van der Waals surface area (Å²) in [5.41, 5.74) is 2.82. The molecule has 4 rings (SSSR count). The Kier molecular flexibility index (Phi) is 4.45. The number of nitrogens with one attached hydrogen (secondary N) is 2. The van der Waals surface area contributed by atoms with Crippen LogP contribution >= 0.6 is 11.6 Å². The van der Waals surface area contributed by atoms with Crippen LogP contribution in [-0.2, 0) is 15.0 Å². The van der Waals surface area contributed by atoms with Gasteiger partial charge in [0.1, 0.15) is 0 Å². The lowest BCUT2D eigenvalue weighted by atomic mass is 9.64. The number of halogens is 1. The molecule has 1 atom stereocenters. The number of carbonyl (C=O) groups excluding carboxylic acids is 2. The first-order chi connectivity index (χ1) is 12.6. The van der Waals surface area contributed by atoms with E-state index in [9.17, 15) is 9.59 Å². The molecular formula is C21H21ClN2O2. The van der Waals surface area contributed by atoms with Crippen LogP contribution in [0.3, 0.4) is 0 Å². The minimum atomic E-state index is -0.428. The predicted molar refractivity (Wildman–Crippen MR) is 102 cm³/mol. The lowest BCUT2D eigenvalue weighted by Gasteiger charge is -2.43. The summed E-state index contributed by atoms with van der Waals surface area (Å²) in [6, 6.07) is 15.4. The van der Waals surface area contributed by atoms with Crippen molar-refractivity contribution in [2.75, 3.05) is 11.9 Å². The van der Waals surface area contributed by atoms with E-state index >= 15 is 0 Å². The number of hydrogen-bond acceptors (Lipinski definition) is 2. The van der Waals surface area contributed by atoms with Crippen LogP contribution in [0.2, 0.25) is 5.02 Å². The van der Waals surface area contributed by atoms with E-state index in [1.807, 2.05) is 36.4 Å². The predicted octanol–water partition coefficient (Wildman–Crippen LogP) is 4.00. The topological polar surface area (TPSA) is 58.2 Å². The summed E-state index contributed by atoms with van der Waals surface area (Å²) < 4.78 is 0. The molecule has 0 saturated heterocycles. The van der Waals surface area contributed by atoms with E-state index in [2.05, 4.69) is 22.8 Å². The van der Waals surface area contributed by atoms with E-state index in [0.717, 1.165) is 35.5 Å². The van der Waals surface area contributed by atoms with Gasteiger partial charge in [-0.25, -0.2) is 0 Å². The normalized spacial score (nSPS) is 20.5. The number of hydrogen-bond donors (Lipinski definition) is 2. The van der Waals surface area contributed by atoms with Crippen molar-refractivity contribution < 1.29 is 9.59 Å². The van der Waals surface area contributed by atoms with Crippen molar-refractivity contribution in [1.82, 2.24) is 5.32 Å². The zero-order valence-corrected chi connectivity index (χ0v) is 15.2. The van der Waals surface area contributed by atoms with Gasteiger partial charge in [-0.05, 0) is 42.2 Å². The largest absolute Gasteiger partial charge is 0.355 e. The summed E-state index contributed by atoms with van der Waals surface area (Å²) in [7, 11) is 0. The summed E-state index contributed by atoms with van der Waals surface area (Å²) >= 11 is 6.01. The molecule has 1 unspecified atom stereocenters. The van der Waals surface area contributed by atoms with Gasteiger partial charge in [0.15, 0.2) is 0 Å². The molecule has 134 valence electrons. The Hall–Kier alpha value is -2.33. The maximum absolute atomic E-state index is 12.9. The standard InChI is InChI=1S/C21H21ClN2O2/c22-15-8-6-14(7-9-15)21(10-3-11-21)13-23-20(26)17-12-19(25)24-18-5-2-1-4-16(17)18/h1-2,4-9,17H,3,10-13H2,(H,23,26)(H,24,25). The fourth-order valence-corrected chi connectivity index (χ4v) is 4.13. The van der Waals surface area contributed by atoms with Crippen molar-refractivity contribution in [3.8, 4) is 0 Å². The Labute approximate surface area is 157 Å². The molecule has 2 amide bonds. The zero-order valence-electron chi connectivity index (χ0n) is 14.4. The number of para-hydroxylation sites is 1. The van der Waals surface area contributed by atoms with Crippen LogP contribution in [0.4, 0.5) is 5.69 Å². The molecule has 1 heterocycles. The monoisotopic (exact) mass is 368 g/mol. The second-order valence-electron chi connectivity index (χ2n) is 7.25. The molecule has 1 aliphatic heterocycles. The third kappa shape index (κ3) is 3.10. The lowest BCUT2D eigenvalue weighted by molar-refractivity contribution is -0.126. The smallest absolute Gasteiger partial charge is 0.228 e. The van der Waals surface area contributed by atoms with E-state index in [4.69, 9.17) is 11.6 Å². The van der Waals surface area contributed by atoms with Gasteiger partial charge in [0.2, 0.25) is 11.8 Å². The molecular weight excluding hydrogens is 348 g/mol. The molecule has 0 spiro atoms. The quantitative estimate of drug-likeness (QED) is 0.856. The highest BCUT2D eigenvalue weighted by atomic mass is 35.5. The summed E-state index contributed by atoms with van der Waals surface area (Å²) in [6.07, 6.45) is 3.46. The Morgan fingerprint density at radius 1 is 1.15 bits per heavy atom. The molecule has 5 heteroatoms. The Morgan fingerprint density at radius 2 is 1.88 bits per heavy atom. The van der Waals surface area contributed by atoms with Crippen molar-refractivity contribution in [2.24, 2.45) is 0 Å². The zero-order chi connectivity index (χ0) is 18.1. The Bertz CT molecular complexity index is 843. The van der Waals surface area contributed by atoms with Crippen molar-refractivity contribution in [2.45, 2.75) is 37.0 Å². The number of fused-ring (bicyclic) bond motifs is 1. The molecule has 1 fully saturated rings. The van der Waals surface area contributed by atoms with E-state index in [-0.39, 0.29) is 23.7 Å². The molecule has 26 heavy (non-hydrogen) atoms. The fourth-order valence-electron chi connectivity index (χ4n) is 4.00. The average molecular weight is 369 g/mol. The van der Waals surface area contributed by atoms with Crippen LogP contribution in [0.5, 0.6) is 0 Å². The highest BCUT2D eigenvalue weighted by Crippen LogP contribution is 2.43. The lowest BCUT2D eigenvalue weighted by Crippen LogP contribution is -2.47. The number of carbonyl (C=O) groups is 2. The van der Waals surface area contributed by atoms with Gasteiger partial charge in [0.25, 0.3) is 0 Å². The number of amides is 2. The maximum atomic E-state index is 12.9. The number of benzene rings is 2. The van der Waals surface area contributed by atoms with E-state index in [0.29, 0.717) is 6.54 Å². The molecule has 2 aromatic carbocycles. The fraction of sp³-hybridized carbons (Fsp3) is 0.333. The van der Waals surface area contributed by atoms with Gasteiger partial charge in [-0.15, -0.1) is 0 Å². The molecule has 2 aromatic rings. The van der Waals surface area contributed by atoms with Crippen molar-refractivity contribution in [3.63, 3.8) is 0 Å². The first kappa shape index (κ1) is 17.1. The number of rotatable bonds is 4. The first-order valence-electron chi connectivity index (χ1n) is 9.00. The Morgan fingerprint density at radius 3 is 2.58 bits per heavy atom. The molecule has 0 bridgehead atoms. The van der Waals surface area contributed by atoms with Gasteiger partial charge in [0, 0.05) is 29.1 Å². The third-order valence-electron chi connectivity index (χ3n) is 5.68. The number of anilines is 1. The summed E-state index contributed by atoms with van der Waals surface area (Å²) in [4.78, 5) is 24.8. The molecule has 2 aliphatic rings. The van der Waals surface area contributed by atoms with Gasteiger partial charge in [-0.3, -0.25) is 9.59 Å². The van der Waals surface area contributed by atoms with Crippen molar-refractivity contribution in [3.05, 3.63) is 64.7 Å². The van der Waals surface area contributed by atoms with Gasteiger partial charge in [0.05, 0.1) is 5.92 Å². The average Bonchev–Trinajstić information content (AvgIpc) is 2.61. The van der Waals surface area contributed by atoms with E-state index in [1.165, 1.54) is 5.56 Å². The first-order valence-corrected chi connectivity index (χ1v) is 9.38. The molecule has 2 N–H and O–H groups in total. The molecule has 0 radical (unpaired) electrons. The van der Waals surface area contributed by atoms with E-state index < -0.39 is 5.92 Å². The highest BCUT2D eigenvalue weighted by Gasteiger charge is 2.40. The van der Waals surface area contributed by atoms with E-state index in [1.54, 1.807) is 0 Å². The van der Waals surface area contributed by atoms with Gasteiger partial charge in [-0.2, -0.15) is 0 Å². The van der Waals surface area contributed by atoms with Crippen LogP contribution < -0.4 is 10.6 Å².